The van der Waals surface area contributed by atoms with E-state index in [1.54, 1.807) is 4.90 Å². The lowest BCUT2D eigenvalue weighted by Gasteiger charge is -2.20. The Balaban J connectivity index is 0.00000151. The van der Waals surface area contributed by atoms with Crippen LogP contribution in [0.5, 0.6) is 0 Å². The van der Waals surface area contributed by atoms with Crippen molar-refractivity contribution >= 4 is 11.8 Å². The third-order valence-corrected chi connectivity index (χ3v) is 3.76. The van der Waals surface area contributed by atoms with E-state index in [1.165, 1.54) is 0 Å². The number of nitrogens with two attached hydrogens (primary N) is 1. The predicted octanol–water partition coefficient (Wildman–Crippen LogP) is 2.98. The molecule has 0 saturated carbocycles. The van der Waals surface area contributed by atoms with Gasteiger partial charge in [-0.05, 0) is 30.8 Å². The highest BCUT2D eigenvalue weighted by Gasteiger charge is 2.31. The van der Waals surface area contributed by atoms with Gasteiger partial charge in [-0.2, -0.15) is 0 Å². The minimum Gasteiger partial charge on any atom is -0.443 e. The Morgan fingerprint density at radius 3 is 2.60 bits per heavy atom. The number of hydrogen-bond acceptors (Lipinski definition) is 5. The molecule has 1 saturated heterocycles. The van der Waals surface area contributed by atoms with Crippen molar-refractivity contribution in [3.05, 3.63) is 42.6 Å². The molecule has 1 atom stereocenters. The Labute approximate surface area is 151 Å². The molecular formula is C19H31N3O3. The zero-order chi connectivity index (χ0) is 18.7. The summed E-state index contributed by atoms with van der Waals surface area (Å²) in [6.07, 6.45) is 1.26. The van der Waals surface area contributed by atoms with Crippen molar-refractivity contribution in [2.45, 2.75) is 33.4 Å². The van der Waals surface area contributed by atoms with Crippen molar-refractivity contribution in [2.24, 2.45) is 5.73 Å². The highest BCUT2D eigenvalue weighted by Crippen LogP contribution is 2.22. The normalized spacial score (nSPS) is 16.1. The molecule has 1 fully saturated rings. The number of carbonyl (C=O) groups is 1. The maximum atomic E-state index is 11.8. The van der Waals surface area contributed by atoms with Gasteiger partial charge in [0.2, 0.25) is 0 Å². The van der Waals surface area contributed by atoms with Crippen LogP contribution in [-0.2, 0) is 16.0 Å². The van der Waals surface area contributed by atoms with Crippen molar-refractivity contribution < 1.29 is 14.3 Å². The highest BCUT2D eigenvalue weighted by atomic mass is 16.6. The molecule has 25 heavy (non-hydrogen) atoms. The van der Waals surface area contributed by atoms with Gasteiger partial charge >= 0.3 is 6.09 Å². The number of hydrogen-bond donors (Lipinski definition) is 1. The minimum absolute atomic E-state index is 0.225. The fraction of sp³-hybridized carbons (Fsp3) is 0.526. The molecule has 2 N–H and O–H groups in total. The van der Waals surface area contributed by atoms with Crippen LogP contribution in [0.25, 0.3) is 0 Å². The smallest absolute Gasteiger partial charge is 0.414 e. The van der Waals surface area contributed by atoms with Gasteiger partial charge in [0.05, 0.1) is 13.2 Å². The van der Waals surface area contributed by atoms with E-state index in [0.717, 1.165) is 30.9 Å². The second-order valence-electron chi connectivity index (χ2n) is 5.37. The summed E-state index contributed by atoms with van der Waals surface area (Å²) in [4.78, 5) is 15.5. The topological polar surface area (TPSA) is 68.0 Å². The van der Waals surface area contributed by atoms with Crippen molar-refractivity contribution in [3.8, 4) is 0 Å². The first-order valence-electron chi connectivity index (χ1n) is 8.89. The van der Waals surface area contributed by atoms with E-state index in [2.05, 4.69) is 11.5 Å². The summed E-state index contributed by atoms with van der Waals surface area (Å²) in [7, 11) is 0. The second kappa shape index (κ2) is 11.5. The lowest BCUT2D eigenvalue weighted by molar-refractivity contribution is 0.126. The molecule has 1 heterocycles. The van der Waals surface area contributed by atoms with Crippen molar-refractivity contribution in [1.29, 1.82) is 0 Å². The summed E-state index contributed by atoms with van der Waals surface area (Å²) < 4.78 is 10.5. The number of nitrogens with zero attached hydrogens (tertiary/aromatic N) is 2. The van der Waals surface area contributed by atoms with Crippen molar-refractivity contribution in [3.63, 3.8) is 0 Å². The molecule has 0 spiro atoms. The van der Waals surface area contributed by atoms with Crippen LogP contribution < -0.4 is 10.6 Å². The molecule has 140 valence electrons. The number of amides is 1. The molecule has 0 radical (unpaired) electrons. The standard InChI is InChI=1S/C17H25N3O3.C2H6/c1-3-19(9-10-22-4-2)12-14-5-7-15(8-6-14)20-13-16(11-18)23-17(20)21;1-2/h3,5-8,16H,1,4,9-13,18H2,2H3;1-2H3. The first-order chi connectivity index (χ1) is 12.2. The SMILES string of the molecule is C=CN(CCOCC)Cc1ccc(N2CC(CN)OC2=O)cc1.CC. The lowest BCUT2D eigenvalue weighted by Crippen LogP contribution is -2.27. The molecule has 2 rings (SSSR count). The summed E-state index contributed by atoms with van der Waals surface area (Å²) in [6.45, 7) is 13.6. The summed E-state index contributed by atoms with van der Waals surface area (Å²) in [6, 6.07) is 7.88. The van der Waals surface area contributed by atoms with Gasteiger partial charge in [0.25, 0.3) is 0 Å². The van der Waals surface area contributed by atoms with E-state index in [1.807, 2.05) is 51.2 Å². The molecule has 6 heteroatoms. The Hall–Kier alpha value is -2.05. The van der Waals surface area contributed by atoms with E-state index >= 15 is 0 Å². The van der Waals surface area contributed by atoms with Gasteiger partial charge in [-0.1, -0.05) is 32.6 Å². The molecule has 1 unspecified atom stereocenters. The molecule has 6 nitrogen and oxygen atoms in total. The third kappa shape index (κ3) is 6.40. The number of carbonyl (C=O) groups excluding carboxylic acids is 1. The van der Waals surface area contributed by atoms with Crippen LogP contribution in [-0.4, -0.2) is 49.9 Å². The van der Waals surface area contributed by atoms with Gasteiger partial charge in [-0.3, -0.25) is 4.90 Å². The molecule has 1 aliphatic heterocycles. The van der Waals surface area contributed by atoms with Crippen LogP contribution in [0.3, 0.4) is 0 Å². The Morgan fingerprint density at radius 2 is 2.08 bits per heavy atom. The first-order valence-corrected chi connectivity index (χ1v) is 8.89. The van der Waals surface area contributed by atoms with E-state index in [9.17, 15) is 4.79 Å². The zero-order valence-corrected chi connectivity index (χ0v) is 15.6. The number of benzene rings is 1. The summed E-state index contributed by atoms with van der Waals surface area (Å²) in [5.74, 6) is 0. The lowest BCUT2D eigenvalue weighted by atomic mass is 10.2. The largest absolute Gasteiger partial charge is 0.443 e. The van der Waals surface area contributed by atoms with Gasteiger partial charge in [0, 0.05) is 31.9 Å². The monoisotopic (exact) mass is 349 g/mol. The van der Waals surface area contributed by atoms with Crippen molar-refractivity contribution in [2.75, 3.05) is 37.7 Å². The Bertz CT molecular complexity index is 519. The van der Waals surface area contributed by atoms with E-state index < -0.39 is 0 Å². The van der Waals surface area contributed by atoms with E-state index in [0.29, 0.717) is 19.7 Å². The molecule has 0 bridgehead atoms. The van der Waals surface area contributed by atoms with E-state index in [4.69, 9.17) is 15.2 Å². The molecule has 0 aliphatic carbocycles. The average molecular weight is 349 g/mol. The average Bonchev–Trinajstić information content (AvgIpc) is 3.04. The maximum Gasteiger partial charge on any atom is 0.414 e. The van der Waals surface area contributed by atoms with Crippen LogP contribution in [0, 0.1) is 0 Å². The first kappa shape index (κ1) is 21.0. The second-order valence-corrected chi connectivity index (χ2v) is 5.37. The maximum absolute atomic E-state index is 11.8. The van der Waals surface area contributed by atoms with Crippen molar-refractivity contribution in [1.82, 2.24) is 4.90 Å². The number of rotatable bonds is 9. The summed E-state index contributed by atoms with van der Waals surface area (Å²) in [5, 5.41) is 0. The van der Waals surface area contributed by atoms with Gasteiger partial charge in [-0.15, -0.1) is 0 Å². The zero-order valence-electron chi connectivity index (χ0n) is 15.6. The van der Waals surface area contributed by atoms with Crippen LogP contribution in [0.15, 0.2) is 37.0 Å². The molecule has 1 aromatic rings. The Kier molecular flexibility index (Phi) is 9.65. The fourth-order valence-electron chi connectivity index (χ4n) is 2.43. The van der Waals surface area contributed by atoms with Crippen LogP contribution in [0.1, 0.15) is 26.3 Å². The number of cyclic esters (lactones) is 1. The number of ether oxygens (including phenoxy) is 2. The number of anilines is 1. The van der Waals surface area contributed by atoms with Gasteiger partial charge in [0.15, 0.2) is 0 Å². The summed E-state index contributed by atoms with van der Waals surface area (Å²) >= 11 is 0. The molecule has 0 aromatic heterocycles. The van der Waals surface area contributed by atoms with Crippen LogP contribution in [0.4, 0.5) is 10.5 Å². The predicted molar refractivity (Wildman–Crippen MR) is 102 cm³/mol. The summed E-state index contributed by atoms with van der Waals surface area (Å²) in [5.41, 5.74) is 7.53. The molecule has 1 amide bonds. The third-order valence-electron chi connectivity index (χ3n) is 3.76. The molecule has 1 aliphatic rings. The van der Waals surface area contributed by atoms with Gasteiger partial charge < -0.3 is 20.1 Å². The fourth-order valence-corrected chi connectivity index (χ4v) is 2.43. The molecule has 1 aromatic carbocycles. The van der Waals surface area contributed by atoms with Crippen LogP contribution >= 0.6 is 0 Å². The van der Waals surface area contributed by atoms with Gasteiger partial charge in [0.1, 0.15) is 6.10 Å². The Morgan fingerprint density at radius 1 is 1.40 bits per heavy atom. The quantitative estimate of drug-likeness (QED) is 0.694. The highest BCUT2D eigenvalue weighted by molar-refractivity contribution is 5.89. The van der Waals surface area contributed by atoms with E-state index in [-0.39, 0.29) is 12.2 Å². The van der Waals surface area contributed by atoms with Crippen LogP contribution in [0.2, 0.25) is 0 Å². The molecular weight excluding hydrogens is 318 g/mol. The minimum atomic E-state index is -0.336. The van der Waals surface area contributed by atoms with Gasteiger partial charge in [-0.25, -0.2) is 4.79 Å².